The van der Waals surface area contributed by atoms with Gasteiger partial charge in [0.1, 0.15) is 5.60 Å². The van der Waals surface area contributed by atoms with Gasteiger partial charge in [-0.25, -0.2) is 9.31 Å². The van der Waals surface area contributed by atoms with Gasteiger partial charge in [0, 0.05) is 36.5 Å². The summed E-state index contributed by atoms with van der Waals surface area (Å²) in [4.78, 5) is 19.2. The maximum absolute atomic E-state index is 12.5. The number of nitriles is 1. The monoisotopic (exact) mass is 403 g/mol. The second kappa shape index (κ2) is 7.79. The minimum atomic E-state index is -0.506. The zero-order valence-electron chi connectivity index (χ0n) is 17.5. The first kappa shape index (κ1) is 19.9. The molecule has 1 unspecified atom stereocenters. The van der Waals surface area contributed by atoms with Crippen molar-refractivity contribution in [2.45, 2.75) is 45.1 Å². The molecule has 1 amide bonds. The molecule has 1 saturated heterocycles. The summed E-state index contributed by atoms with van der Waals surface area (Å²) < 4.78 is 7.29. The van der Waals surface area contributed by atoms with E-state index in [2.05, 4.69) is 11.2 Å². The fourth-order valence-electron chi connectivity index (χ4n) is 3.79. The molecule has 4 rings (SSSR count). The lowest BCUT2D eigenvalue weighted by molar-refractivity contribution is 0.0197. The Balaban J connectivity index is 1.60. The Morgan fingerprint density at radius 2 is 2.13 bits per heavy atom. The molecule has 0 N–H and O–H groups in total. The van der Waals surface area contributed by atoms with Gasteiger partial charge in [-0.05, 0) is 57.9 Å². The summed E-state index contributed by atoms with van der Waals surface area (Å²) in [6, 6.07) is 11.7. The Bertz CT molecular complexity index is 1120. The van der Waals surface area contributed by atoms with Crippen LogP contribution in [0.2, 0.25) is 0 Å². The van der Waals surface area contributed by atoms with E-state index in [1.807, 2.05) is 45.0 Å². The average molecular weight is 403 g/mol. The number of fused-ring (bicyclic) bond motifs is 1. The molecule has 1 atom stereocenters. The van der Waals surface area contributed by atoms with E-state index in [1.165, 1.54) is 0 Å². The molecular formula is C23H25N5O2. The lowest BCUT2D eigenvalue weighted by Gasteiger charge is -2.34. The molecule has 7 heteroatoms. The van der Waals surface area contributed by atoms with Gasteiger partial charge >= 0.3 is 6.09 Å². The fraction of sp³-hybridized carbons (Fsp3) is 0.391. The number of nitrogens with zero attached hydrogens (tertiary/aromatic N) is 5. The molecule has 1 aliphatic heterocycles. The van der Waals surface area contributed by atoms with E-state index in [0.717, 1.165) is 35.3 Å². The van der Waals surface area contributed by atoms with Gasteiger partial charge in [0.05, 0.1) is 29.0 Å². The predicted molar refractivity (Wildman–Crippen MR) is 113 cm³/mol. The van der Waals surface area contributed by atoms with Crippen LogP contribution in [-0.2, 0) is 4.74 Å². The smallest absolute Gasteiger partial charge is 0.410 e. The number of hydrogen-bond donors (Lipinski definition) is 0. The van der Waals surface area contributed by atoms with Gasteiger partial charge in [-0.15, -0.1) is 0 Å². The molecule has 30 heavy (non-hydrogen) atoms. The zero-order chi connectivity index (χ0) is 21.3. The Hall–Kier alpha value is -3.40. The summed E-state index contributed by atoms with van der Waals surface area (Å²) in [7, 11) is 0. The largest absolute Gasteiger partial charge is 0.444 e. The molecule has 1 fully saturated rings. The van der Waals surface area contributed by atoms with Gasteiger partial charge < -0.3 is 9.64 Å². The van der Waals surface area contributed by atoms with E-state index >= 15 is 0 Å². The molecule has 0 spiro atoms. The first-order valence-electron chi connectivity index (χ1n) is 10.2. The van der Waals surface area contributed by atoms with E-state index in [-0.39, 0.29) is 12.0 Å². The van der Waals surface area contributed by atoms with Gasteiger partial charge in [0.2, 0.25) is 0 Å². The third-order valence-electron chi connectivity index (χ3n) is 5.19. The average Bonchev–Trinajstić information content (AvgIpc) is 3.16. The van der Waals surface area contributed by atoms with Crippen LogP contribution in [0.4, 0.5) is 4.79 Å². The molecule has 154 valence electrons. The van der Waals surface area contributed by atoms with Crippen LogP contribution in [0.25, 0.3) is 16.8 Å². The molecule has 0 saturated carbocycles. The van der Waals surface area contributed by atoms with Crippen LogP contribution in [0.3, 0.4) is 0 Å². The van der Waals surface area contributed by atoms with Crippen molar-refractivity contribution in [3.8, 4) is 17.3 Å². The molecular weight excluding hydrogens is 378 g/mol. The van der Waals surface area contributed by atoms with Crippen molar-refractivity contribution in [2.24, 2.45) is 0 Å². The molecule has 0 radical (unpaired) electrons. The Kier molecular flexibility index (Phi) is 5.17. The van der Waals surface area contributed by atoms with Crippen LogP contribution in [0.5, 0.6) is 0 Å². The van der Waals surface area contributed by atoms with Crippen LogP contribution in [0, 0.1) is 11.3 Å². The van der Waals surface area contributed by atoms with Crippen molar-refractivity contribution < 1.29 is 9.53 Å². The molecule has 3 aromatic rings. The number of likely N-dealkylation sites (tertiary alicyclic amines) is 1. The number of carbonyl (C=O) groups is 1. The number of pyridine rings is 2. The van der Waals surface area contributed by atoms with Crippen molar-refractivity contribution in [1.82, 2.24) is 19.5 Å². The summed E-state index contributed by atoms with van der Waals surface area (Å²) in [5.74, 6) is 0.155. The van der Waals surface area contributed by atoms with Crippen molar-refractivity contribution in [3.05, 3.63) is 54.0 Å². The highest BCUT2D eigenvalue weighted by molar-refractivity contribution is 5.78. The highest BCUT2D eigenvalue weighted by atomic mass is 16.6. The Labute approximate surface area is 175 Å². The van der Waals surface area contributed by atoms with E-state index in [9.17, 15) is 10.1 Å². The molecule has 7 nitrogen and oxygen atoms in total. The lowest BCUT2D eigenvalue weighted by atomic mass is 9.94. The van der Waals surface area contributed by atoms with Crippen LogP contribution in [0.1, 0.15) is 50.8 Å². The number of amides is 1. The van der Waals surface area contributed by atoms with E-state index < -0.39 is 5.60 Å². The molecule has 3 aromatic heterocycles. The van der Waals surface area contributed by atoms with Crippen molar-refractivity contribution >= 4 is 11.6 Å². The number of hydrogen-bond acceptors (Lipinski definition) is 5. The van der Waals surface area contributed by atoms with Crippen LogP contribution < -0.4 is 0 Å². The number of ether oxygens (including phenoxy) is 1. The van der Waals surface area contributed by atoms with Gasteiger partial charge in [-0.3, -0.25) is 4.98 Å². The predicted octanol–water partition coefficient (Wildman–Crippen LogP) is 4.38. The molecule has 0 aromatic carbocycles. The Morgan fingerprint density at radius 1 is 1.30 bits per heavy atom. The maximum Gasteiger partial charge on any atom is 0.410 e. The normalized spacial score (nSPS) is 17.0. The lowest BCUT2D eigenvalue weighted by Crippen LogP contribution is -2.42. The highest BCUT2D eigenvalue weighted by Gasteiger charge is 2.29. The second-order valence-corrected chi connectivity index (χ2v) is 8.63. The number of carbonyl (C=O) groups excluding carboxylic acids is 1. The van der Waals surface area contributed by atoms with Crippen molar-refractivity contribution in [3.63, 3.8) is 0 Å². The summed E-state index contributed by atoms with van der Waals surface area (Å²) in [5, 5.41) is 13.6. The summed E-state index contributed by atoms with van der Waals surface area (Å²) in [6.45, 7) is 6.94. The third kappa shape index (κ3) is 4.13. The number of piperidine rings is 1. The second-order valence-electron chi connectivity index (χ2n) is 8.63. The summed E-state index contributed by atoms with van der Waals surface area (Å²) in [6.07, 6.45) is 5.17. The van der Waals surface area contributed by atoms with E-state index in [0.29, 0.717) is 18.7 Å². The molecule has 0 aliphatic carbocycles. The maximum atomic E-state index is 12.5. The van der Waals surface area contributed by atoms with Crippen LogP contribution >= 0.6 is 0 Å². The van der Waals surface area contributed by atoms with Crippen LogP contribution in [-0.4, -0.2) is 44.3 Å². The molecule has 4 heterocycles. The van der Waals surface area contributed by atoms with E-state index in [4.69, 9.17) is 9.72 Å². The van der Waals surface area contributed by atoms with Gasteiger partial charge in [-0.2, -0.15) is 10.4 Å². The van der Waals surface area contributed by atoms with Crippen molar-refractivity contribution in [1.29, 1.82) is 5.26 Å². The van der Waals surface area contributed by atoms with Crippen molar-refractivity contribution in [2.75, 3.05) is 13.1 Å². The van der Waals surface area contributed by atoms with Gasteiger partial charge in [-0.1, -0.05) is 6.07 Å². The first-order chi connectivity index (χ1) is 14.3. The van der Waals surface area contributed by atoms with Crippen LogP contribution in [0.15, 0.2) is 42.7 Å². The standard InChI is InChI=1S/C23H25N5O2/c1-23(2,3)30-22(29)27-10-5-6-17(15-27)19-7-4-8-20(26-19)18-14-25-28-11-9-16(13-24)12-21(18)28/h4,7-9,11-12,14,17H,5-6,10,15H2,1-3H3. The number of aromatic nitrogens is 3. The summed E-state index contributed by atoms with van der Waals surface area (Å²) in [5.41, 5.74) is 3.57. The topological polar surface area (TPSA) is 83.5 Å². The fourth-order valence-corrected chi connectivity index (χ4v) is 3.79. The SMILES string of the molecule is CC(C)(C)OC(=O)N1CCCC(c2cccc(-c3cnn4ccc(C#N)cc34)n2)C1. The zero-order valence-corrected chi connectivity index (χ0v) is 17.5. The third-order valence-corrected chi connectivity index (χ3v) is 5.19. The highest BCUT2D eigenvalue weighted by Crippen LogP contribution is 2.30. The molecule has 1 aliphatic rings. The first-order valence-corrected chi connectivity index (χ1v) is 10.2. The van der Waals surface area contributed by atoms with E-state index in [1.54, 1.807) is 27.9 Å². The number of rotatable bonds is 2. The Morgan fingerprint density at radius 3 is 2.90 bits per heavy atom. The van der Waals surface area contributed by atoms with Gasteiger partial charge in [0.25, 0.3) is 0 Å². The minimum Gasteiger partial charge on any atom is -0.444 e. The molecule has 0 bridgehead atoms. The summed E-state index contributed by atoms with van der Waals surface area (Å²) >= 11 is 0. The quantitative estimate of drug-likeness (QED) is 0.634. The minimum absolute atomic E-state index is 0.155. The van der Waals surface area contributed by atoms with Gasteiger partial charge in [0.15, 0.2) is 0 Å².